The Labute approximate surface area is 107 Å². The summed E-state index contributed by atoms with van der Waals surface area (Å²) in [6, 6.07) is 3.72. The smallest absolute Gasteiger partial charge is 0.261 e. The maximum Gasteiger partial charge on any atom is 0.261 e. The molecule has 0 saturated carbocycles. The Balaban J connectivity index is 0.00000225. The Kier molecular flexibility index (Phi) is 8.25. The average Bonchev–Trinajstić information content (AvgIpc) is 2.69. The third-order valence-corrected chi connectivity index (χ3v) is 2.75. The monoisotopic (exact) mass is 262 g/mol. The van der Waals surface area contributed by atoms with Crippen molar-refractivity contribution in [1.29, 1.82) is 0 Å². The summed E-state index contributed by atoms with van der Waals surface area (Å²) in [6.07, 6.45) is 0. The zero-order chi connectivity index (χ0) is 11.1. The van der Waals surface area contributed by atoms with Crippen LogP contribution in [0, 0.1) is 5.92 Å². The number of hydrogen-bond acceptors (Lipinski definition) is 3. The highest BCUT2D eigenvalue weighted by molar-refractivity contribution is 7.12. The molecule has 92 valence electrons. The Hall–Kier alpha value is -0.580. The number of rotatable bonds is 6. The van der Waals surface area contributed by atoms with Gasteiger partial charge in [0.2, 0.25) is 0 Å². The zero-order valence-corrected chi connectivity index (χ0v) is 11.3. The van der Waals surface area contributed by atoms with Crippen LogP contribution in [-0.2, 0) is 0 Å². The van der Waals surface area contributed by atoms with E-state index in [-0.39, 0.29) is 18.3 Å². The van der Waals surface area contributed by atoms with Crippen molar-refractivity contribution in [1.82, 2.24) is 10.6 Å². The van der Waals surface area contributed by atoms with Gasteiger partial charge in [-0.1, -0.05) is 19.9 Å². The van der Waals surface area contributed by atoms with Crippen LogP contribution in [0.3, 0.4) is 0 Å². The van der Waals surface area contributed by atoms with E-state index in [1.165, 1.54) is 11.3 Å². The van der Waals surface area contributed by atoms with Crippen molar-refractivity contribution in [2.24, 2.45) is 5.92 Å². The van der Waals surface area contributed by atoms with E-state index in [1.54, 1.807) is 0 Å². The summed E-state index contributed by atoms with van der Waals surface area (Å²) in [5.41, 5.74) is 0. The first-order chi connectivity index (χ1) is 7.20. The molecular weight excluding hydrogens is 244 g/mol. The largest absolute Gasteiger partial charge is 0.350 e. The minimum Gasteiger partial charge on any atom is -0.350 e. The Morgan fingerprint density at radius 3 is 2.75 bits per heavy atom. The van der Waals surface area contributed by atoms with Crippen LogP contribution < -0.4 is 10.6 Å². The van der Waals surface area contributed by atoms with Crippen molar-refractivity contribution in [2.75, 3.05) is 19.6 Å². The fourth-order valence-corrected chi connectivity index (χ4v) is 1.79. The number of hydrogen-bond donors (Lipinski definition) is 2. The zero-order valence-electron chi connectivity index (χ0n) is 9.66. The Morgan fingerprint density at radius 2 is 2.19 bits per heavy atom. The molecule has 0 aliphatic carbocycles. The maximum atomic E-state index is 11.5. The molecule has 0 fully saturated rings. The first-order valence-corrected chi connectivity index (χ1v) is 6.10. The van der Waals surface area contributed by atoms with Crippen molar-refractivity contribution in [3.05, 3.63) is 22.4 Å². The Bertz CT molecular complexity index is 288. The third kappa shape index (κ3) is 6.10. The Morgan fingerprint density at radius 1 is 1.44 bits per heavy atom. The van der Waals surface area contributed by atoms with Crippen LogP contribution in [0.1, 0.15) is 23.5 Å². The molecule has 5 heteroatoms. The molecule has 0 unspecified atom stereocenters. The van der Waals surface area contributed by atoms with E-state index in [0.29, 0.717) is 12.5 Å². The molecule has 2 N–H and O–H groups in total. The maximum absolute atomic E-state index is 11.5. The summed E-state index contributed by atoms with van der Waals surface area (Å²) in [4.78, 5) is 12.3. The summed E-state index contributed by atoms with van der Waals surface area (Å²) < 4.78 is 0. The first-order valence-electron chi connectivity index (χ1n) is 5.22. The molecule has 1 rings (SSSR count). The molecule has 0 atom stereocenters. The van der Waals surface area contributed by atoms with Crippen molar-refractivity contribution in [2.45, 2.75) is 13.8 Å². The molecule has 1 aromatic heterocycles. The van der Waals surface area contributed by atoms with Gasteiger partial charge in [-0.15, -0.1) is 23.7 Å². The molecule has 1 amide bonds. The van der Waals surface area contributed by atoms with Crippen molar-refractivity contribution in [3.8, 4) is 0 Å². The van der Waals surface area contributed by atoms with Gasteiger partial charge in [-0.3, -0.25) is 4.79 Å². The fraction of sp³-hybridized carbons (Fsp3) is 0.545. The van der Waals surface area contributed by atoms with E-state index in [1.807, 2.05) is 17.5 Å². The quantitative estimate of drug-likeness (QED) is 0.772. The normalized spacial score (nSPS) is 9.94. The molecule has 0 radical (unpaired) electrons. The molecule has 3 nitrogen and oxygen atoms in total. The van der Waals surface area contributed by atoms with Crippen LogP contribution in [0.5, 0.6) is 0 Å². The van der Waals surface area contributed by atoms with Gasteiger partial charge in [-0.2, -0.15) is 0 Å². The summed E-state index contributed by atoms with van der Waals surface area (Å²) in [5, 5.41) is 8.05. The van der Waals surface area contributed by atoms with Gasteiger partial charge in [-0.05, 0) is 23.9 Å². The van der Waals surface area contributed by atoms with Crippen LogP contribution in [0.2, 0.25) is 0 Å². The topological polar surface area (TPSA) is 41.1 Å². The van der Waals surface area contributed by atoms with Gasteiger partial charge in [0.25, 0.3) is 5.91 Å². The van der Waals surface area contributed by atoms with Crippen molar-refractivity contribution < 1.29 is 4.79 Å². The lowest BCUT2D eigenvalue weighted by molar-refractivity contribution is 0.0958. The number of nitrogens with one attached hydrogen (secondary N) is 2. The van der Waals surface area contributed by atoms with Crippen molar-refractivity contribution >= 4 is 29.7 Å². The van der Waals surface area contributed by atoms with Gasteiger partial charge in [0.15, 0.2) is 0 Å². The molecule has 1 heterocycles. The van der Waals surface area contributed by atoms with Crippen LogP contribution in [0.25, 0.3) is 0 Å². The highest BCUT2D eigenvalue weighted by Crippen LogP contribution is 2.07. The SMILES string of the molecule is CC(C)CNCCNC(=O)c1cccs1.Cl. The average molecular weight is 263 g/mol. The van der Waals surface area contributed by atoms with E-state index < -0.39 is 0 Å². The van der Waals surface area contributed by atoms with Crippen LogP contribution >= 0.6 is 23.7 Å². The summed E-state index contributed by atoms with van der Waals surface area (Å²) >= 11 is 1.47. The molecule has 0 aliphatic rings. The van der Waals surface area contributed by atoms with Gasteiger partial charge >= 0.3 is 0 Å². The molecule has 0 aromatic carbocycles. The third-order valence-electron chi connectivity index (χ3n) is 1.88. The standard InChI is InChI=1S/C11H18N2OS.ClH/c1-9(2)8-12-5-6-13-11(14)10-4-3-7-15-10;/h3-4,7,9,12H,5-6,8H2,1-2H3,(H,13,14);1H. The number of amides is 1. The molecule has 0 bridgehead atoms. The van der Waals surface area contributed by atoms with Crippen LogP contribution in [0.4, 0.5) is 0 Å². The summed E-state index contributed by atoms with van der Waals surface area (Å²) in [6.45, 7) is 6.84. The lowest BCUT2D eigenvalue weighted by atomic mass is 10.2. The lowest BCUT2D eigenvalue weighted by Crippen LogP contribution is -2.32. The number of carbonyl (C=O) groups is 1. The van der Waals surface area contributed by atoms with Gasteiger partial charge in [-0.25, -0.2) is 0 Å². The van der Waals surface area contributed by atoms with E-state index in [2.05, 4.69) is 24.5 Å². The summed E-state index contributed by atoms with van der Waals surface area (Å²) in [5.74, 6) is 0.675. The second-order valence-corrected chi connectivity index (χ2v) is 4.78. The molecule has 16 heavy (non-hydrogen) atoms. The van der Waals surface area contributed by atoms with Crippen LogP contribution in [0.15, 0.2) is 17.5 Å². The highest BCUT2D eigenvalue weighted by Gasteiger charge is 2.04. The minimum absolute atomic E-state index is 0. The number of carbonyl (C=O) groups excluding carboxylic acids is 1. The lowest BCUT2D eigenvalue weighted by Gasteiger charge is -2.07. The van der Waals surface area contributed by atoms with Crippen molar-refractivity contribution in [3.63, 3.8) is 0 Å². The number of halogens is 1. The minimum atomic E-state index is 0. The molecular formula is C11H19ClN2OS. The highest BCUT2D eigenvalue weighted by atomic mass is 35.5. The van der Waals surface area contributed by atoms with E-state index in [4.69, 9.17) is 0 Å². The number of thiophene rings is 1. The van der Waals surface area contributed by atoms with Gasteiger partial charge in [0.1, 0.15) is 0 Å². The van der Waals surface area contributed by atoms with E-state index >= 15 is 0 Å². The van der Waals surface area contributed by atoms with Gasteiger partial charge in [0, 0.05) is 13.1 Å². The molecule has 0 saturated heterocycles. The summed E-state index contributed by atoms with van der Waals surface area (Å²) in [7, 11) is 0. The van der Waals surface area contributed by atoms with Gasteiger partial charge in [0.05, 0.1) is 4.88 Å². The fourth-order valence-electron chi connectivity index (χ4n) is 1.15. The van der Waals surface area contributed by atoms with E-state index in [9.17, 15) is 4.79 Å². The molecule has 0 aliphatic heterocycles. The molecule has 0 spiro atoms. The molecule has 1 aromatic rings. The van der Waals surface area contributed by atoms with E-state index in [0.717, 1.165) is 18.0 Å². The second-order valence-electron chi connectivity index (χ2n) is 3.83. The van der Waals surface area contributed by atoms with Crippen LogP contribution in [-0.4, -0.2) is 25.5 Å². The predicted molar refractivity (Wildman–Crippen MR) is 71.6 cm³/mol. The predicted octanol–water partition coefficient (Wildman–Crippen LogP) is 2.15. The second kappa shape index (κ2) is 8.56. The van der Waals surface area contributed by atoms with Gasteiger partial charge < -0.3 is 10.6 Å². The first kappa shape index (κ1) is 15.4.